The Labute approximate surface area is 181 Å². The number of hydrogen-bond acceptors (Lipinski definition) is 6. The van der Waals surface area contributed by atoms with Crippen molar-refractivity contribution in [3.05, 3.63) is 89.0 Å². The number of rotatable bonds is 5. The van der Waals surface area contributed by atoms with E-state index in [0.717, 1.165) is 36.4 Å². The number of amides is 2. The Balaban J connectivity index is 1.77. The Hall–Kier alpha value is -4.31. The summed E-state index contributed by atoms with van der Waals surface area (Å²) in [4.78, 5) is 48.5. The van der Waals surface area contributed by atoms with Gasteiger partial charge in [0.2, 0.25) is 9.84 Å². The van der Waals surface area contributed by atoms with Gasteiger partial charge in [-0.25, -0.2) is 22.9 Å². The van der Waals surface area contributed by atoms with Crippen molar-refractivity contribution >= 4 is 39.3 Å². The molecule has 1 aliphatic rings. The molecule has 2 amide bonds. The predicted molar refractivity (Wildman–Crippen MR) is 110 cm³/mol. The summed E-state index contributed by atoms with van der Waals surface area (Å²) in [5.41, 5.74) is -0.714. The molecule has 0 aliphatic carbocycles. The number of para-hydroxylation sites is 1. The molecular formula is C22H13NO8S. The average molecular weight is 451 g/mol. The molecule has 1 aliphatic heterocycles. The second-order valence-corrected chi connectivity index (χ2v) is 8.76. The monoisotopic (exact) mass is 451 g/mol. The third-order valence-corrected chi connectivity index (χ3v) is 6.72. The minimum atomic E-state index is -4.12. The maximum absolute atomic E-state index is 13.0. The topological polar surface area (TPSA) is 146 Å². The number of carbonyl (C=O) groups excluding carboxylic acids is 2. The zero-order valence-electron chi connectivity index (χ0n) is 16.1. The zero-order chi connectivity index (χ0) is 23.2. The molecule has 4 rings (SSSR count). The third kappa shape index (κ3) is 3.22. The number of sulfone groups is 1. The van der Waals surface area contributed by atoms with E-state index >= 15 is 0 Å². The fourth-order valence-corrected chi connectivity index (χ4v) is 4.65. The molecule has 0 unspecified atom stereocenters. The summed E-state index contributed by atoms with van der Waals surface area (Å²) in [7, 11) is -4.12. The van der Waals surface area contributed by atoms with Crippen molar-refractivity contribution in [1.29, 1.82) is 0 Å². The van der Waals surface area contributed by atoms with Gasteiger partial charge in [-0.1, -0.05) is 12.1 Å². The van der Waals surface area contributed by atoms with Crippen molar-refractivity contribution in [2.45, 2.75) is 9.79 Å². The lowest BCUT2D eigenvalue weighted by atomic mass is 10.1. The Morgan fingerprint density at radius 2 is 1.31 bits per heavy atom. The van der Waals surface area contributed by atoms with Crippen LogP contribution in [0.3, 0.4) is 0 Å². The minimum Gasteiger partial charge on any atom is -0.478 e. The Bertz CT molecular complexity index is 1420. The zero-order valence-corrected chi connectivity index (χ0v) is 16.9. The number of anilines is 1. The highest BCUT2D eigenvalue weighted by atomic mass is 32.2. The van der Waals surface area contributed by atoms with E-state index in [-0.39, 0.29) is 37.7 Å². The smallest absolute Gasteiger partial charge is 0.337 e. The number of benzene rings is 3. The molecule has 0 spiro atoms. The van der Waals surface area contributed by atoms with E-state index in [1.165, 1.54) is 30.3 Å². The molecule has 0 saturated heterocycles. The fourth-order valence-electron chi connectivity index (χ4n) is 3.37. The molecule has 10 heteroatoms. The number of aromatic carboxylic acids is 2. The highest BCUT2D eigenvalue weighted by Crippen LogP contribution is 2.33. The largest absolute Gasteiger partial charge is 0.478 e. The molecule has 160 valence electrons. The first kappa shape index (κ1) is 20.9. The van der Waals surface area contributed by atoms with E-state index in [1.807, 2.05) is 0 Å². The molecule has 3 aromatic carbocycles. The van der Waals surface area contributed by atoms with Gasteiger partial charge in [0, 0.05) is 0 Å². The van der Waals surface area contributed by atoms with E-state index in [9.17, 15) is 32.7 Å². The summed E-state index contributed by atoms with van der Waals surface area (Å²) >= 11 is 0. The summed E-state index contributed by atoms with van der Waals surface area (Å²) in [6.45, 7) is 0. The van der Waals surface area contributed by atoms with Crippen LogP contribution in [-0.2, 0) is 9.84 Å². The van der Waals surface area contributed by atoms with Gasteiger partial charge in [-0.2, -0.15) is 0 Å². The van der Waals surface area contributed by atoms with Gasteiger partial charge < -0.3 is 10.2 Å². The van der Waals surface area contributed by atoms with Gasteiger partial charge in [-0.05, 0) is 54.6 Å². The van der Waals surface area contributed by atoms with Crippen molar-refractivity contribution in [2.75, 3.05) is 4.90 Å². The van der Waals surface area contributed by atoms with Crippen LogP contribution in [0.2, 0.25) is 0 Å². The molecule has 2 N–H and O–H groups in total. The van der Waals surface area contributed by atoms with Crippen molar-refractivity contribution in [3.63, 3.8) is 0 Å². The highest BCUT2D eigenvalue weighted by molar-refractivity contribution is 7.91. The first-order valence-corrected chi connectivity index (χ1v) is 10.5. The molecule has 0 radical (unpaired) electrons. The molecule has 0 atom stereocenters. The molecular weight excluding hydrogens is 438 g/mol. The molecule has 32 heavy (non-hydrogen) atoms. The van der Waals surface area contributed by atoms with E-state index in [1.54, 1.807) is 0 Å². The maximum atomic E-state index is 13.0. The van der Waals surface area contributed by atoms with Crippen LogP contribution in [0.15, 0.2) is 76.5 Å². The number of carboxylic acids is 2. The number of hydrogen-bond donors (Lipinski definition) is 2. The minimum absolute atomic E-state index is 0.0598. The molecule has 0 bridgehead atoms. The Kier molecular flexibility index (Phi) is 4.86. The Morgan fingerprint density at radius 3 is 1.94 bits per heavy atom. The maximum Gasteiger partial charge on any atom is 0.337 e. The Morgan fingerprint density at radius 1 is 0.719 bits per heavy atom. The van der Waals surface area contributed by atoms with E-state index in [4.69, 9.17) is 5.11 Å². The summed E-state index contributed by atoms with van der Waals surface area (Å²) in [5, 5.41) is 18.3. The molecule has 0 saturated carbocycles. The third-order valence-electron chi connectivity index (χ3n) is 4.96. The van der Waals surface area contributed by atoms with Gasteiger partial charge in [0.25, 0.3) is 11.8 Å². The van der Waals surface area contributed by atoms with E-state index in [2.05, 4.69) is 0 Å². The first-order valence-electron chi connectivity index (χ1n) is 9.06. The summed E-state index contributed by atoms with van der Waals surface area (Å²) in [6, 6.07) is 13.4. The summed E-state index contributed by atoms with van der Waals surface area (Å²) in [5.74, 6) is -4.16. The number of carboxylic acid groups (broad SMARTS) is 2. The normalized spacial score (nSPS) is 13.2. The van der Waals surface area contributed by atoms with Gasteiger partial charge >= 0.3 is 11.9 Å². The highest BCUT2D eigenvalue weighted by Gasteiger charge is 2.39. The van der Waals surface area contributed by atoms with Gasteiger partial charge in [0.15, 0.2) is 0 Å². The van der Waals surface area contributed by atoms with Crippen LogP contribution in [0.5, 0.6) is 0 Å². The molecule has 0 fully saturated rings. The quantitative estimate of drug-likeness (QED) is 0.563. The lowest BCUT2D eigenvalue weighted by Gasteiger charge is -2.16. The van der Waals surface area contributed by atoms with E-state index < -0.39 is 33.6 Å². The first-order chi connectivity index (χ1) is 15.1. The lowest BCUT2D eigenvalue weighted by Crippen LogP contribution is -2.30. The number of fused-ring (bicyclic) bond motifs is 1. The van der Waals surface area contributed by atoms with Crippen LogP contribution in [0.1, 0.15) is 41.4 Å². The lowest BCUT2D eigenvalue weighted by molar-refractivity contribution is 0.0686. The van der Waals surface area contributed by atoms with Crippen LogP contribution >= 0.6 is 0 Å². The van der Waals surface area contributed by atoms with Crippen LogP contribution in [0, 0.1) is 0 Å². The average Bonchev–Trinajstić information content (AvgIpc) is 3.03. The van der Waals surface area contributed by atoms with Crippen LogP contribution < -0.4 is 4.90 Å². The fraction of sp³-hybridized carbons (Fsp3) is 0. The molecule has 9 nitrogen and oxygen atoms in total. The molecule has 3 aromatic rings. The molecule has 0 aromatic heterocycles. The van der Waals surface area contributed by atoms with E-state index in [0.29, 0.717) is 4.90 Å². The number of carbonyl (C=O) groups is 4. The van der Waals surface area contributed by atoms with Crippen molar-refractivity contribution in [3.8, 4) is 0 Å². The number of imide groups is 1. The van der Waals surface area contributed by atoms with Gasteiger partial charge in [-0.15, -0.1) is 0 Å². The SMILES string of the molecule is O=C(O)c1ccc(S(=O)(=O)c2ccc3c(c2)C(=O)N(c2ccccc2C(=O)O)C3=O)cc1. The summed E-state index contributed by atoms with van der Waals surface area (Å²) < 4.78 is 25.9. The summed E-state index contributed by atoms with van der Waals surface area (Å²) in [6.07, 6.45) is 0. The van der Waals surface area contributed by atoms with Gasteiger partial charge in [0.05, 0.1) is 37.7 Å². The van der Waals surface area contributed by atoms with Crippen molar-refractivity contribution in [2.24, 2.45) is 0 Å². The number of nitrogens with zero attached hydrogens (tertiary/aromatic N) is 1. The molecule has 1 heterocycles. The van der Waals surface area contributed by atoms with Crippen LogP contribution in [0.25, 0.3) is 0 Å². The second-order valence-electron chi connectivity index (χ2n) is 6.81. The van der Waals surface area contributed by atoms with Gasteiger partial charge in [-0.3, -0.25) is 9.59 Å². The van der Waals surface area contributed by atoms with Crippen LogP contribution in [0.4, 0.5) is 5.69 Å². The standard InChI is InChI=1S/C22H13NO8S/c24-19-15-10-9-14(32(30,31)13-7-5-12(6-8-13)21(26)27)11-17(15)20(25)23(19)18-4-2-1-3-16(18)22(28)29/h1-11H,(H,26,27)(H,28,29). The van der Waals surface area contributed by atoms with Crippen LogP contribution in [-0.4, -0.2) is 42.4 Å². The van der Waals surface area contributed by atoms with Crippen molar-refractivity contribution < 1.29 is 37.8 Å². The van der Waals surface area contributed by atoms with Crippen molar-refractivity contribution in [1.82, 2.24) is 0 Å². The predicted octanol–water partition coefficient (Wildman–Crippen LogP) is 2.72. The van der Waals surface area contributed by atoms with Gasteiger partial charge in [0.1, 0.15) is 0 Å². The second kappa shape index (κ2) is 7.43.